The molecule has 6 atom stereocenters. The van der Waals surface area contributed by atoms with E-state index < -0.39 is 88.7 Å². The number of fused-ring (bicyclic) bond motifs is 3. The number of carbonyl (C=O) groups is 4. The summed E-state index contributed by atoms with van der Waals surface area (Å²) in [4.78, 5) is 54.5. The summed E-state index contributed by atoms with van der Waals surface area (Å²) in [6.07, 6.45) is 9.31. The van der Waals surface area contributed by atoms with Crippen molar-refractivity contribution in [1.82, 2.24) is 4.90 Å². The fourth-order valence-corrected chi connectivity index (χ4v) is 15.9. The van der Waals surface area contributed by atoms with Gasteiger partial charge in [0.15, 0.2) is 17.1 Å². The van der Waals surface area contributed by atoms with E-state index >= 15 is 0 Å². The molecule has 3 aromatic rings. The number of rotatable bonds is 18. The normalized spacial score (nSPS) is 23.9. The van der Waals surface area contributed by atoms with Crippen molar-refractivity contribution in [2.45, 2.75) is 114 Å². The Morgan fingerprint density at radius 3 is 1.87 bits per heavy atom. The Balaban J connectivity index is 1.01. The molecule has 0 radical (unpaired) electrons. The third-order valence-corrected chi connectivity index (χ3v) is 19.8. The number of unbranched alkanes of at least 4 members (excludes halogenated alkanes) is 8. The average molecular weight is 870 g/mol. The number of primary amides is 1. The maximum absolute atomic E-state index is 14.2. The SMILES string of the molecule is CC(C)[PH](CCCCCCCCCCCC(=O)Nc1ccc2c(c1O)C(=O)C1=C(O)[C@]3(O)C(=O)C(C(N)=O)=C(O)[C@@H](N(C)C)[C@@H]3[C@@H](O)[C@@H]1[C@H]2C)(c1ccccc1)c1ccccc1. The van der Waals surface area contributed by atoms with Gasteiger partial charge < -0.3 is 36.6 Å². The van der Waals surface area contributed by atoms with E-state index in [9.17, 15) is 44.7 Å². The van der Waals surface area contributed by atoms with Crippen molar-refractivity contribution in [2.75, 3.05) is 25.6 Å². The molecule has 8 N–H and O–H groups in total. The van der Waals surface area contributed by atoms with Crippen molar-refractivity contribution in [1.29, 1.82) is 0 Å². The van der Waals surface area contributed by atoms with E-state index in [1.165, 1.54) is 67.5 Å². The fourth-order valence-electron chi connectivity index (χ4n) is 10.7. The summed E-state index contributed by atoms with van der Waals surface area (Å²) in [5.41, 5.74) is 1.58. The number of nitrogens with zero attached hydrogens (tertiary/aromatic N) is 1. The summed E-state index contributed by atoms with van der Waals surface area (Å²) >= 11 is 0. The molecule has 0 fully saturated rings. The van der Waals surface area contributed by atoms with Crippen LogP contribution in [0.3, 0.4) is 0 Å². The fraction of sp³-hybridized carbons (Fsp3) is 0.469. The van der Waals surface area contributed by atoms with Crippen LogP contribution in [0.5, 0.6) is 5.75 Å². The molecule has 12 nitrogen and oxygen atoms in total. The Bertz CT molecular complexity index is 2180. The molecule has 0 heterocycles. The predicted octanol–water partition coefficient (Wildman–Crippen LogP) is 6.30. The van der Waals surface area contributed by atoms with Crippen molar-refractivity contribution >= 4 is 46.9 Å². The zero-order chi connectivity index (χ0) is 45.1. The Labute approximate surface area is 365 Å². The van der Waals surface area contributed by atoms with E-state index in [4.69, 9.17) is 5.73 Å². The zero-order valence-electron chi connectivity index (χ0n) is 36.6. The number of phenols is 1. The van der Waals surface area contributed by atoms with Crippen molar-refractivity contribution in [3.05, 3.63) is 107 Å². The first-order chi connectivity index (χ1) is 29.5. The molecular weight excluding hydrogens is 806 g/mol. The second-order valence-electron chi connectivity index (χ2n) is 18.1. The summed E-state index contributed by atoms with van der Waals surface area (Å²) in [7, 11) is 1.05. The number of hydrogen-bond acceptors (Lipinski definition) is 10. The number of hydrogen-bond donors (Lipinski definition) is 7. The van der Waals surface area contributed by atoms with Crippen molar-refractivity contribution < 1.29 is 44.7 Å². The third kappa shape index (κ3) is 8.34. The minimum atomic E-state index is -3.00. The molecule has 0 spiro atoms. The number of carbonyl (C=O) groups excluding carboxylic acids is 4. The quantitative estimate of drug-likeness (QED) is 0.0328. The van der Waals surface area contributed by atoms with Gasteiger partial charge in [-0.15, -0.1) is 0 Å². The van der Waals surface area contributed by atoms with Gasteiger partial charge in [0.2, 0.25) is 5.78 Å². The van der Waals surface area contributed by atoms with Gasteiger partial charge >= 0.3 is 174 Å². The van der Waals surface area contributed by atoms with Crippen LogP contribution in [0.1, 0.15) is 107 Å². The van der Waals surface area contributed by atoms with E-state index in [2.05, 4.69) is 79.8 Å². The summed E-state index contributed by atoms with van der Waals surface area (Å²) < 4.78 is 0. The molecule has 13 heteroatoms. The molecule has 334 valence electrons. The molecule has 0 aromatic heterocycles. The molecule has 3 aromatic carbocycles. The predicted molar refractivity (Wildman–Crippen MR) is 245 cm³/mol. The van der Waals surface area contributed by atoms with Gasteiger partial charge in [-0.1, -0.05) is 13.0 Å². The number of aliphatic hydroxyl groups is 4. The first-order valence-electron chi connectivity index (χ1n) is 22.1. The molecule has 6 rings (SSSR count). The summed E-state index contributed by atoms with van der Waals surface area (Å²) in [5.74, 6) is -10.0. The molecule has 62 heavy (non-hydrogen) atoms. The maximum atomic E-state index is 14.2. The van der Waals surface area contributed by atoms with Gasteiger partial charge in [-0.25, -0.2) is 0 Å². The minimum absolute atomic E-state index is 0.0214. The Morgan fingerprint density at radius 2 is 1.35 bits per heavy atom. The van der Waals surface area contributed by atoms with Gasteiger partial charge in [0, 0.05) is 11.5 Å². The first-order valence-corrected chi connectivity index (χ1v) is 24.4. The molecular formula is C49H64N3O9P. The van der Waals surface area contributed by atoms with Gasteiger partial charge in [-0.2, -0.15) is 0 Å². The second kappa shape index (κ2) is 19.3. The third-order valence-electron chi connectivity index (χ3n) is 13.9. The number of nitrogens with two attached hydrogens (primary N) is 1. The second-order valence-corrected chi connectivity index (χ2v) is 22.8. The van der Waals surface area contributed by atoms with Crippen LogP contribution in [-0.2, 0) is 14.4 Å². The molecule has 0 aliphatic heterocycles. The first kappa shape index (κ1) is 46.6. The van der Waals surface area contributed by atoms with Gasteiger partial charge in [0.25, 0.3) is 5.91 Å². The van der Waals surface area contributed by atoms with Gasteiger partial charge in [0.1, 0.15) is 17.1 Å². The topological polar surface area (TPSA) is 211 Å². The van der Waals surface area contributed by atoms with Crippen LogP contribution in [-0.4, -0.2) is 97.5 Å². The summed E-state index contributed by atoms with van der Waals surface area (Å²) in [5, 5.41) is 63.5. The van der Waals surface area contributed by atoms with Crippen molar-refractivity contribution in [2.24, 2.45) is 17.6 Å². The molecule has 3 aliphatic rings. The number of amides is 2. The van der Waals surface area contributed by atoms with E-state index in [-0.39, 0.29) is 23.6 Å². The van der Waals surface area contributed by atoms with Crippen LogP contribution in [0.15, 0.2) is 95.5 Å². The molecule has 2 amide bonds. The van der Waals surface area contributed by atoms with Gasteiger partial charge in [0.05, 0.1) is 29.3 Å². The number of likely N-dealkylation sites (N-methyl/N-ethyl adjacent to an activating group) is 1. The monoisotopic (exact) mass is 869 g/mol. The molecule has 0 saturated heterocycles. The molecule has 0 saturated carbocycles. The number of aliphatic hydroxyl groups excluding tert-OH is 3. The number of ketones is 2. The molecule has 3 aliphatic carbocycles. The number of benzene rings is 3. The Morgan fingerprint density at radius 1 is 0.823 bits per heavy atom. The van der Waals surface area contributed by atoms with E-state index in [1.807, 2.05) is 0 Å². The number of phenolic OH excluding ortho intramolecular Hbond substituents is 1. The van der Waals surface area contributed by atoms with Crippen LogP contribution in [0.4, 0.5) is 5.69 Å². The number of Topliss-reactive ketones (excluding diaryl/α,β-unsaturated/α-hetero) is 2. The van der Waals surface area contributed by atoms with Crippen LogP contribution in [0, 0.1) is 11.8 Å². The van der Waals surface area contributed by atoms with E-state index in [1.54, 1.807) is 13.0 Å². The van der Waals surface area contributed by atoms with Gasteiger partial charge in [-0.3, -0.25) is 24.1 Å². The van der Waals surface area contributed by atoms with Crippen LogP contribution in [0.2, 0.25) is 0 Å². The van der Waals surface area contributed by atoms with Gasteiger partial charge in [-0.05, 0) is 31.6 Å². The average Bonchev–Trinajstić information content (AvgIpc) is 3.23. The summed E-state index contributed by atoms with van der Waals surface area (Å²) in [6, 6.07) is 23.9. The number of anilines is 1. The van der Waals surface area contributed by atoms with Crippen molar-refractivity contribution in [3.63, 3.8) is 0 Å². The molecule has 0 bridgehead atoms. The zero-order valence-corrected chi connectivity index (χ0v) is 37.6. The number of aromatic hydroxyl groups is 1. The van der Waals surface area contributed by atoms with E-state index in [0.717, 1.165) is 25.7 Å². The number of nitrogens with one attached hydrogen (secondary N) is 1. The summed E-state index contributed by atoms with van der Waals surface area (Å²) in [6.45, 7) is 6.44. The Kier molecular flexibility index (Phi) is 14.5. The standard InChI is InChI=1S/C49H64N3O9P/c1-29(2)62(31-21-15-13-16-22-31,32-23-17-14-18-24-32)28-20-12-10-8-6-7-9-11-19-25-35(53)51-34-27-26-33-30(3)36-38(43(55)37(33)42(34)54)46(58)49(61)40(44(36)56)41(52(4)5)45(57)39(47(49)59)48(50)60/h13-18,21-24,26-27,29-30,36,40-41,44,54,56-58,61-62H,6-12,19-20,25,28H2,1-5H3,(H2,50,60)(H,51,53)/t30-,36+,40+,41-,44-,49-/m0/s1. The Hall–Kier alpha value is -4.87. The molecule has 0 unspecified atom stereocenters. The van der Waals surface area contributed by atoms with Crippen molar-refractivity contribution in [3.8, 4) is 5.75 Å². The van der Waals surface area contributed by atoms with Crippen LogP contribution < -0.4 is 21.7 Å². The van der Waals surface area contributed by atoms with Crippen LogP contribution >= 0.6 is 7.26 Å². The van der Waals surface area contributed by atoms with Crippen LogP contribution in [0.25, 0.3) is 0 Å². The van der Waals surface area contributed by atoms with E-state index in [0.29, 0.717) is 17.6 Å².